The number of H-pyrrole nitrogens is 1. The molecule has 0 spiro atoms. The van der Waals surface area contributed by atoms with E-state index in [4.69, 9.17) is 4.74 Å². The van der Waals surface area contributed by atoms with Crippen molar-refractivity contribution in [3.63, 3.8) is 0 Å². The first-order valence-electron chi connectivity index (χ1n) is 9.45. The highest BCUT2D eigenvalue weighted by molar-refractivity contribution is 6.06. The van der Waals surface area contributed by atoms with E-state index < -0.39 is 0 Å². The van der Waals surface area contributed by atoms with Gasteiger partial charge in [-0.05, 0) is 48.5 Å². The molecule has 154 valence electrons. The van der Waals surface area contributed by atoms with Gasteiger partial charge in [0.15, 0.2) is 0 Å². The Balaban J connectivity index is 1.46. The third-order valence-corrected chi connectivity index (χ3v) is 4.53. The van der Waals surface area contributed by atoms with E-state index in [2.05, 4.69) is 25.8 Å². The summed E-state index contributed by atoms with van der Waals surface area (Å²) in [4.78, 5) is 28.9. The minimum Gasteiger partial charge on any atom is -0.496 e. The van der Waals surface area contributed by atoms with E-state index in [1.165, 1.54) is 0 Å². The number of nitrogens with one attached hydrogen (secondary N) is 3. The molecule has 0 aliphatic rings. The number of carbonyl (C=O) groups excluding carboxylic acids is 2. The zero-order chi connectivity index (χ0) is 21.6. The highest BCUT2D eigenvalue weighted by Gasteiger charge is 2.14. The van der Waals surface area contributed by atoms with Crippen molar-refractivity contribution in [1.29, 1.82) is 0 Å². The van der Waals surface area contributed by atoms with Gasteiger partial charge in [0.1, 0.15) is 11.4 Å². The van der Waals surface area contributed by atoms with E-state index in [9.17, 15) is 9.59 Å². The molecule has 0 atom stereocenters. The van der Waals surface area contributed by atoms with Gasteiger partial charge in [-0.15, -0.1) is 0 Å². The molecular weight excluding hydrogens is 394 g/mol. The SMILES string of the molecule is COc1ccccc1-c1cc(C(=O)Nc2cccc(NC(=O)c3ccncc3)c2)[nH]n1. The van der Waals surface area contributed by atoms with Gasteiger partial charge in [-0.2, -0.15) is 5.10 Å². The maximum atomic E-state index is 12.7. The van der Waals surface area contributed by atoms with E-state index >= 15 is 0 Å². The maximum absolute atomic E-state index is 12.7. The largest absolute Gasteiger partial charge is 0.496 e. The lowest BCUT2D eigenvalue weighted by atomic mass is 10.1. The van der Waals surface area contributed by atoms with Gasteiger partial charge in [0, 0.05) is 34.9 Å². The molecule has 0 unspecified atom stereocenters. The molecule has 0 fully saturated rings. The number of carbonyl (C=O) groups is 2. The van der Waals surface area contributed by atoms with Crippen LogP contribution >= 0.6 is 0 Å². The number of aromatic nitrogens is 3. The van der Waals surface area contributed by atoms with Gasteiger partial charge in [-0.3, -0.25) is 19.7 Å². The average molecular weight is 413 g/mol. The number of nitrogens with zero attached hydrogens (tertiary/aromatic N) is 2. The molecule has 8 heteroatoms. The predicted molar refractivity (Wildman–Crippen MR) is 117 cm³/mol. The molecule has 2 heterocycles. The Morgan fingerprint density at radius 3 is 2.32 bits per heavy atom. The molecule has 31 heavy (non-hydrogen) atoms. The molecular formula is C23H19N5O3. The minimum absolute atomic E-state index is 0.263. The Kier molecular flexibility index (Phi) is 5.70. The number of para-hydroxylation sites is 1. The van der Waals surface area contributed by atoms with Gasteiger partial charge in [0.2, 0.25) is 0 Å². The van der Waals surface area contributed by atoms with Crippen LogP contribution in [-0.2, 0) is 0 Å². The second-order valence-electron chi connectivity index (χ2n) is 6.59. The summed E-state index contributed by atoms with van der Waals surface area (Å²) in [5.41, 5.74) is 3.25. The van der Waals surface area contributed by atoms with E-state index in [1.54, 1.807) is 62.0 Å². The zero-order valence-corrected chi connectivity index (χ0v) is 16.6. The molecule has 0 bridgehead atoms. The lowest BCUT2D eigenvalue weighted by molar-refractivity contribution is 0.101. The van der Waals surface area contributed by atoms with Crippen molar-refractivity contribution in [2.24, 2.45) is 0 Å². The van der Waals surface area contributed by atoms with Gasteiger partial charge in [0.25, 0.3) is 11.8 Å². The molecule has 0 aliphatic heterocycles. The summed E-state index contributed by atoms with van der Waals surface area (Å²) in [6, 6.07) is 19.2. The number of benzene rings is 2. The molecule has 0 saturated heterocycles. The molecule has 2 aromatic heterocycles. The Hall–Kier alpha value is -4.46. The summed E-state index contributed by atoms with van der Waals surface area (Å²) in [6.07, 6.45) is 3.10. The Morgan fingerprint density at radius 2 is 1.58 bits per heavy atom. The standard InChI is InChI=1S/C23H19N5O3/c1-31-21-8-3-2-7-18(21)19-14-20(28-27-19)23(30)26-17-6-4-5-16(13-17)25-22(29)15-9-11-24-12-10-15/h2-14H,1H3,(H,25,29)(H,26,30)(H,27,28). The van der Waals surface area contributed by atoms with Gasteiger partial charge >= 0.3 is 0 Å². The molecule has 3 N–H and O–H groups in total. The number of hydrogen-bond acceptors (Lipinski definition) is 5. The first-order valence-corrected chi connectivity index (χ1v) is 9.45. The van der Waals surface area contributed by atoms with Crippen molar-refractivity contribution in [1.82, 2.24) is 15.2 Å². The zero-order valence-electron chi connectivity index (χ0n) is 16.6. The quantitative estimate of drug-likeness (QED) is 0.443. The number of pyridine rings is 1. The minimum atomic E-state index is -0.355. The molecule has 2 amide bonds. The monoisotopic (exact) mass is 413 g/mol. The fraction of sp³-hybridized carbons (Fsp3) is 0.0435. The van der Waals surface area contributed by atoms with Crippen molar-refractivity contribution in [3.05, 3.63) is 90.4 Å². The van der Waals surface area contributed by atoms with Crippen LogP contribution < -0.4 is 15.4 Å². The van der Waals surface area contributed by atoms with Gasteiger partial charge in [0.05, 0.1) is 12.8 Å². The summed E-state index contributed by atoms with van der Waals surface area (Å²) in [7, 11) is 1.58. The maximum Gasteiger partial charge on any atom is 0.273 e. The van der Waals surface area contributed by atoms with E-state index in [-0.39, 0.29) is 11.8 Å². The lowest BCUT2D eigenvalue weighted by Crippen LogP contribution is -2.14. The summed E-state index contributed by atoms with van der Waals surface area (Å²) in [5.74, 6) is 0.0470. The third-order valence-electron chi connectivity index (χ3n) is 4.53. The Morgan fingerprint density at radius 1 is 0.871 bits per heavy atom. The van der Waals surface area contributed by atoms with Crippen LogP contribution in [0.2, 0.25) is 0 Å². The summed E-state index contributed by atoms with van der Waals surface area (Å²) in [5, 5.41) is 12.6. The molecule has 4 rings (SSSR count). The lowest BCUT2D eigenvalue weighted by Gasteiger charge is -2.08. The third kappa shape index (κ3) is 4.59. The van der Waals surface area contributed by atoms with Gasteiger partial charge in [-0.1, -0.05) is 18.2 Å². The molecule has 0 radical (unpaired) electrons. The van der Waals surface area contributed by atoms with Crippen LogP contribution in [-0.4, -0.2) is 34.1 Å². The van der Waals surface area contributed by atoms with Crippen LogP contribution in [0.5, 0.6) is 5.75 Å². The summed E-state index contributed by atoms with van der Waals surface area (Å²) >= 11 is 0. The van der Waals surface area contributed by atoms with Crippen LogP contribution in [0.4, 0.5) is 11.4 Å². The van der Waals surface area contributed by atoms with E-state index in [0.29, 0.717) is 34.1 Å². The second kappa shape index (κ2) is 8.91. The fourth-order valence-electron chi connectivity index (χ4n) is 3.01. The highest BCUT2D eigenvalue weighted by Crippen LogP contribution is 2.28. The van der Waals surface area contributed by atoms with Gasteiger partial charge < -0.3 is 15.4 Å². The predicted octanol–water partition coefficient (Wildman–Crippen LogP) is 3.98. The number of hydrogen-bond donors (Lipinski definition) is 3. The molecule has 2 aromatic carbocycles. The number of methoxy groups -OCH3 is 1. The van der Waals surface area contributed by atoms with Crippen LogP contribution in [0, 0.1) is 0 Å². The molecule has 0 aliphatic carbocycles. The molecule has 4 aromatic rings. The number of amides is 2. The van der Waals surface area contributed by atoms with Crippen molar-refractivity contribution in [2.45, 2.75) is 0 Å². The number of rotatable bonds is 6. The second-order valence-corrected chi connectivity index (χ2v) is 6.59. The Bertz CT molecular complexity index is 1220. The van der Waals surface area contributed by atoms with Crippen LogP contribution in [0.25, 0.3) is 11.3 Å². The molecule has 0 saturated carbocycles. The smallest absolute Gasteiger partial charge is 0.273 e. The van der Waals surface area contributed by atoms with Crippen molar-refractivity contribution >= 4 is 23.2 Å². The number of aromatic amines is 1. The van der Waals surface area contributed by atoms with Crippen molar-refractivity contribution in [2.75, 3.05) is 17.7 Å². The summed E-state index contributed by atoms with van der Waals surface area (Å²) in [6.45, 7) is 0. The Labute approximate surface area is 178 Å². The topological polar surface area (TPSA) is 109 Å². The van der Waals surface area contributed by atoms with E-state index in [0.717, 1.165) is 5.56 Å². The first-order chi connectivity index (χ1) is 15.1. The van der Waals surface area contributed by atoms with Crippen LogP contribution in [0.1, 0.15) is 20.8 Å². The molecule has 8 nitrogen and oxygen atoms in total. The number of ether oxygens (including phenoxy) is 1. The summed E-state index contributed by atoms with van der Waals surface area (Å²) < 4.78 is 5.35. The normalized spacial score (nSPS) is 10.4. The first kappa shape index (κ1) is 19.8. The van der Waals surface area contributed by atoms with Gasteiger partial charge in [-0.25, -0.2) is 0 Å². The van der Waals surface area contributed by atoms with Crippen molar-refractivity contribution < 1.29 is 14.3 Å². The number of anilines is 2. The van der Waals surface area contributed by atoms with Crippen molar-refractivity contribution in [3.8, 4) is 17.0 Å². The fourth-order valence-corrected chi connectivity index (χ4v) is 3.01. The van der Waals surface area contributed by atoms with E-state index in [1.807, 2.05) is 24.3 Å². The average Bonchev–Trinajstić information content (AvgIpc) is 3.30. The highest BCUT2D eigenvalue weighted by atomic mass is 16.5. The van der Waals surface area contributed by atoms with Crippen LogP contribution in [0.15, 0.2) is 79.1 Å². The van der Waals surface area contributed by atoms with Crippen LogP contribution in [0.3, 0.4) is 0 Å².